The summed E-state index contributed by atoms with van der Waals surface area (Å²) in [6.07, 6.45) is 5.35. The molecule has 0 amide bonds. The van der Waals surface area contributed by atoms with Gasteiger partial charge < -0.3 is 10.3 Å². The van der Waals surface area contributed by atoms with Crippen LogP contribution in [-0.2, 0) is 13.1 Å². The third-order valence-electron chi connectivity index (χ3n) is 3.17. The van der Waals surface area contributed by atoms with Crippen LogP contribution < -0.4 is 5.73 Å². The minimum absolute atomic E-state index is 0.455. The van der Waals surface area contributed by atoms with E-state index in [2.05, 4.69) is 17.1 Å². The zero-order valence-electron chi connectivity index (χ0n) is 9.28. The number of aromatic nitrogens is 1. The maximum absolute atomic E-state index is 5.48. The lowest BCUT2D eigenvalue weighted by atomic mass is 10.2. The van der Waals surface area contributed by atoms with Crippen LogP contribution in [0.1, 0.15) is 37.1 Å². The highest BCUT2D eigenvalue weighted by Gasteiger charge is 2.20. The standard InChI is InChI=1S/C11H19N3O/c1-14(10-4-2-3-5-10)8-11-6-9(7-12)13-15-11/h6,10H,2-5,7-8,12H2,1H3. The van der Waals surface area contributed by atoms with Crippen LogP contribution in [0.5, 0.6) is 0 Å². The first-order valence-electron chi connectivity index (χ1n) is 5.64. The van der Waals surface area contributed by atoms with Crippen molar-refractivity contribution >= 4 is 0 Å². The predicted octanol–water partition coefficient (Wildman–Crippen LogP) is 1.51. The van der Waals surface area contributed by atoms with Crippen LogP contribution in [0.4, 0.5) is 0 Å². The van der Waals surface area contributed by atoms with Crippen LogP contribution in [0, 0.1) is 0 Å². The molecule has 0 saturated heterocycles. The summed E-state index contributed by atoms with van der Waals surface area (Å²) in [6, 6.07) is 2.67. The van der Waals surface area contributed by atoms with Gasteiger partial charge in [0.2, 0.25) is 0 Å². The van der Waals surface area contributed by atoms with Crippen molar-refractivity contribution in [3.8, 4) is 0 Å². The number of nitrogens with zero attached hydrogens (tertiary/aromatic N) is 2. The zero-order valence-corrected chi connectivity index (χ0v) is 9.28. The lowest BCUT2D eigenvalue weighted by Crippen LogP contribution is -2.28. The van der Waals surface area contributed by atoms with Gasteiger partial charge in [-0.15, -0.1) is 0 Å². The van der Waals surface area contributed by atoms with Crippen molar-refractivity contribution in [2.75, 3.05) is 7.05 Å². The Labute approximate surface area is 90.4 Å². The van der Waals surface area contributed by atoms with E-state index in [9.17, 15) is 0 Å². The van der Waals surface area contributed by atoms with Crippen molar-refractivity contribution < 1.29 is 4.52 Å². The third-order valence-corrected chi connectivity index (χ3v) is 3.17. The fraction of sp³-hybridized carbons (Fsp3) is 0.727. The molecule has 0 atom stereocenters. The Morgan fingerprint density at radius 2 is 2.27 bits per heavy atom. The van der Waals surface area contributed by atoms with E-state index in [1.54, 1.807) is 0 Å². The van der Waals surface area contributed by atoms with Crippen molar-refractivity contribution in [1.82, 2.24) is 10.1 Å². The SMILES string of the molecule is CN(Cc1cc(CN)no1)C1CCCC1. The molecular weight excluding hydrogens is 190 g/mol. The molecule has 1 aliphatic carbocycles. The van der Waals surface area contributed by atoms with Crippen LogP contribution >= 0.6 is 0 Å². The van der Waals surface area contributed by atoms with Crippen molar-refractivity contribution in [3.63, 3.8) is 0 Å². The van der Waals surface area contributed by atoms with Crippen LogP contribution in [0.3, 0.4) is 0 Å². The summed E-state index contributed by atoms with van der Waals surface area (Å²) >= 11 is 0. The van der Waals surface area contributed by atoms with Gasteiger partial charge in [-0.3, -0.25) is 4.90 Å². The summed E-state index contributed by atoms with van der Waals surface area (Å²) in [5.74, 6) is 0.921. The summed E-state index contributed by atoms with van der Waals surface area (Å²) in [6.45, 7) is 1.30. The fourth-order valence-electron chi connectivity index (χ4n) is 2.25. The number of nitrogens with two attached hydrogens (primary N) is 1. The molecule has 0 aromatic carbocycles. The van der Waals surface area contributed by atoms with Crippen molar-refractivity contribution in [3.05, 3.63) is 17.5 Å². The highest BCUT2D eigenvalue weighted by molar-refractivity contribution is 5.04. The Kier molecular flexibility index (Phi) is 3.38. The lowest BCUT2D eigenvalue weighted by Gasteiger charge is -2.22. The van der Waals surface area contributed by atoms with E-state index < -0.39 is 0 Å². The average molecular weight is 209 g/mol. The highest BCUT2D eigenvalue weighted by Crippen LogP contribution is 2.23. The molecule has 1 aliphatic rings. The first kappa shape index (κ1) is 10.6. The molecule has 1 saturated carbocycles. The van der Waals surface area contributed by atoms with Crippen LogP contribution in [-0.4, -0.2) is 23.1 Å². The van der Waals surface area contributed by atoms with Crippen molar-refractivity contribution in [2.24, 2.45) is 5.73 Å². The van der Waals surface area contributed by atoms with E-state index in [4.69, 9.17) is 10.3 Å². The Hall–Kier alpha value is -0.870. The van der Waals surface area contributed by atoms with Crippen molar-refractivity contribution in [1.29, 1.82) is 0 Å². The highest BCUT2D eigenvalue weighted by atomic mass is 16.5. The van der Waals surface area contributed by atoms with Gasteiger partial charge >= 0.3 is 0 Å². The molecule has 4 nitrogen and oxygen atoms in total. The second kappa shape index (κ2) is 4.77. The van der Waals surface area contributed by atoms with Crippen LogP contribution in [0.2, 0.25) is 0 Å². The Morgan fingerprint density at radius 3 is 2.87 bits per heavy atom. The lowest BCUT2D eigenvalue weighted by molar-refractivity contribution is 0.209. The first-order valence-corrected chi connectivity index (χ1v) is 5.64. The molecule has 4 heteroatoms. The second-order valence-corrected chi connectivity index (χ2v) is 4.34. The quantitative estimate of drug-likeness (QED) is 0.816. The van der Waals surface area contributed by atoms with E-state index in [-0.39, 0.29) is 0 Å². The maximum atomic E-state index is 5.48. The molecule has 2 rings (SSSR count). The Balaban J connectivity index is 1.89. The predicted molar refractivity (Wildman–Crippen MR) is 58.1 cm³/mol. The summed E-state index contributed by atoms with van der Waals surface area (Å²) < 4.78 is 5.21. The molecular formula is C11H19N3O. The van der Waals surface area contributed by atoms with Gasteiger partial charge in [0, 0.05) is 18.7 Å². The fourth-order valence-corrected chi connectivity index (χ4v) is 2.25. The molecule has 1 heterocycles. The Morgan fingerprint density at radius 1 is 1.53 bits per heavy atom. The molecule has 2 N–H and O–H groups in total. The molecule has 15 heavy (non-hydrogen) atoms. The van der Waals surface area contributed by atoms with Gasteiger partial charge in [-0.25, -0.2) is 0 Å². The van der Waals surface area contributed by atoms with E-state index in [1.165, 1.54) is 25.7 Å². The topological polar surface area (TPSA) is 55.3 Å². The second-order valence-electron chi connectivity index (χ2n) is 4.34. The Bertz CT molecular complexity index is 305. The van der Waals surface area contributed by atoms with Crippen LogP contribution in [0.25, 0.3) is 0 Å². The molecule has 0 unspecified atom stereocenters. The van der Waals surface area contributed by atoms with Crippen molar-refractivity contribution in [2.45, 2.75) is 44.8 Å². The molecule has 0 spiro atoms. The smallest absolute Gasteiger partial charge is 0.151 e. The monoisotopic (exact) mass is 209 g/mol. The molecule has 84 valence electrons. The van der Waals surface area contributed by atoms with Gasteiger partial charge in [0.05, 0.1) is 12.2 Å². The van der Waals surface area contributed by atoms with E-state index in [0.29, 0.717) is 6.54 Å². The summed E-state index contributed by atoms with van der Waals surface area (Å²) in [7, 11) is 2.15. The molecule has 0 aliphatic heterocycles. The van der Waals surface area contributed by atoms with Gasteiger partial charge in [-0.1, -0.05) is 18.0 Å². The summed E-state index contributed by atoms with van der Waals surface area (Å²) in [5.41, 5.74) is 6.32. The van der Waals surface area contributed by atoms with Gasteiger partial charge in [-0.2, -0.15) is 0 Å². The molecule has 1 fully saturated rings. The molecule has 1 aromatic heterocycles. The minimum Gasteiger partial charge on any atom is -0.360 e. The molecule has 1 aromatic rings. The summed E-state index contributed by atoms with van der Waals surface area (Å²) in [4.78, 5) is 2.35. The normalized spacial score (nSPS) is 17.8. The number of hydrogen-bond acceptors (Lipinski definition) is 4. The number of rotatable bonds is 4. The van der Waals surface area contributed by atoms with Gasteiger partial charge in [0.25, 0.3) is 0 Å². The van der Waals surface area contributed by atoms with Crippen LogP contribution in [0.15, 0.2) is 10.6 Å². The number of hydrogen-bond donors (Lipinski definition) is 1. The zero-order chi connectivity index (χ0) is 10.7. The van der Waals surface area contributed by atoms with E-state index in [0.717, 1.165) is 24.0 Å². The van der Waals surface area contributed by atoms with Gasteiger partial charge in [-0.05, 0) is 19.9 Å². The van der Waals surface area contributed by atoms with E-state index in [1.807, 2.05) is 6.07 Å². The summed E-state index contributed by atoms with van der Waals surface area (Å²) in [5, 5.41) is 3.89. The molecule has 0 bridgehead atoms. The van der Waals surface area contributed by atoms with E-state index >= 15 is 0 Å². The largest absolute Gasteiger partial charge is 0.360 e. The average Bonchev–Trinajstić information content (AvgIpc) is 2.87. The molecule has 0 radical (unpaired) electrons. The van der Waals surface area contributed by atoms with Gasteiger partial charge in [0.15, 0.2) is 5.76 Å². The third kappa shape index (κ3) is 2.58. The van der Waals surface area contributed by atoms with Gasteiger partial charge in [0.1, 0.15) is 0 Å². The maximum Gasteiger partial charge on any atom is 0.151 e. The minimum atomic E-state index is 0.455. The first-order chi connectivity index (χ1) is 7.29.